The van der Waals surface area contributed by atoms with Crippen molar-refractivity contribution in [1.82, 2.24) is 29.7 Å². The first-order valence-electron chi connectivity index (χ1n) is 8.75. The van der Waals surface area contributed by atoms with Crippen LogP contribution in [0.15, 0.2) is 24.8 Å². The Labute approximate surface area is 152 Å². The van der Waals surface area contributed by atoms with Crippen LogP contribution >= 0.6 is 0 Å². The Morgan fingerprint density at radius 3 is 2.93 bits per heavy atom. The van der Waals surface area contributed by atoms with Crippen LogP contribution in [0.1, 0.15) is 19.4 Å². The number of H-pyrrole nitrogens is 1. The van der Waals surface area contributed by atoms with Crippen LogP contribution in [-0.2, 0) is 0 Å². The lowest BCUT2D eigenvalue weighted by atomic mass is 10.0. The Hall–Kier alpha value is -2.78. The molecule has 1 saturated heterocycles. The summed E-state index contributed by atoms with van der Waals surface area (Å²) in [6.07, 6.45) is 1.59. The zero-order valence-electron chi connectivity index (χ0n) is 14.6. The van der Waals surface area contributed by atoms with Gasteiger partial charge in [0, 0.05) is 24.7 Å². The molecule has 3 aromatic heterocycles. The van der Waals surface area contributed by atoms with Crippen molar-refractivity contribution in [2.75, 3.05) is 19.6 Å². The zero-order valence-corrected chi connectivity index (χ0v) is 14.6. The molecule has 1 aliphatic rings. The predicted molar refractivity (Wildman–Crippen MR) is 93.2 cm³/mol. The molecule has 1 aliphatic heterocycles. The van der Waals surface area contributed by atoms with E-state index < -0.39 is 18.8 Å². The maximum absolute atomic E-state index is 12.4. The number of likely N-dealkylation sites (tertiary alicyclic amines) is 1. The van der Waals surface area contributed by atoms with Crippen LogP contribution in [0.25, 0.3) is 22.1 Å². The topological polar surface area (TPSA) is 78.8 Å². The summed E-state index contributed by atoms with van der Waals surface area (Å²) in [6, 6.07) is 1.18. The van der Waals surface area contributed by atoms with Crippen LogP contribution in [0.3, 0.4) is 0 Å². The fraction of sp³-hybridized carbons (Fsp3) is 0.471. The van der Waals surface area contributed by atoms with E-state index in [4.69, 9.17) is 0 Å². The van der Waals surface area contributed by atoms with E-state index in [1.807, 2.05) is 22.9 Å². The number of rotatable bonds is 3. The van der Waals surface area contributed by atoms with Crippen molar-refractivity contribution in [1.29, 1.82) is 0 Å². The van der Waals surface area contributed by atoms with Crippen LogP contribution in [0.4, 0.5) is 18.0 Å². The quantitative estimate of drug-likeness (QED) is 0.733. The molecule has 10 heteroatoms. The number of hydrogen-bond donors (Lipinski definition) is 2. The second kappa shape index (κ2) is 6.43. The first-order valence-corrected chi connectivity index (χ1v) is 8.75. The van der Waals surface area contributed by atoms with Crippen molar-refractivity contribution in [3.05, 3.63) is 24.8 Å². The SMILES string of the molecule is CCC1CN(C(=O)NCC(F)(F)F)CC1n1cnc2cnc3[nH]ccc3c21. The van der Waals surface area contributed by atoms with Gasteiger partial charge < -0.3 is 19.8 Å². The third kappa shape index (κ3) is 3.19. The van der Waals surface area contributed by atoms with Crippen molar-refractivity contribution in [2.45, 2.75) is 25.6 Å². The van der Waals surface area contributed by atoms with E-state index in [2.05, 4.69) is 15.0 Å². The number of nitrogens with one attached hydrogen (secondary N) is 2. The van der Waals surface area contributed by atoms with E-state index in [9.17, 15) is 18.0 Å². The second-order valence-electron chi connectivity index (χ2n) is 6.80. The lowest BCUT2D eigenvalue weighted by Gasteiger charge is -2.19. The van der Waals surface area contributed by atoms with E-state index in [-0.39, 0.29) is 12.0 Å². The van der Waals surface area contributed by atoms with Crippen LogP contribution in [-0.4, -0.2) is 56.3 Å². The number of carbonyl (C=O) groups excluding carboxylic acids is 1. The summed E-state index contributed by atoms with van der Waals surface area (Å²) >= 11 is 0. The Morgan fingerprint density at radius 1 is 1.37 bits per heavy atom. The largest absolute Gasteiger partial charge is 0.405 e. The molecular weight excluding hydrogens is 361 g/mol. The highest BCUT2D eigenvalue weighted by molar-refractivity contribution is 6.01. The average molecular weight is 380 g/mol. The van der Waals surface area contributed by atoms with Gasteiger partial charge in [-0.25, -0.2) is 14.8 Å². The van der Waals surface area contributed by atoms with E-state index >= 15 is 0 Å². The van der Waals surface area contributed by atoms with Gasteiger partial charge in [0.1, 0.15) is 17.7 Å². The molecule has 0 spiro atoms. The lowest BCUT2D eigenvalue weighted by Crippen LogP contribution is -2.42. The molecular formula is C17H19F3N6O. The molecule has 0 bridgehead atoms. The smallest absolute Gasteiger partial charge is 0.346 e. The van der Waals surface area contributed by atoms with Gasteiger partial charge in [-0.2, -0.15) is 13.2 Å². The molecule has 2 unspecified atom stereocenters. The lowest BCUT2D eigenvalue weighted by molar-refractivity contribution is -0.123. The standard InChI is InChI=1S/C17H19F3N6O/c1-2-10-6-25(16(27)23-8-17(18,19)20)7-13(10)26-9-24-12-5-22-15-11(14(12)26)3-4-21-15/h3-5,9-10,13H,2,6-8H2,1H3,(H,21,22)(H,23,27). The number of pyridine rings is 1. The van der Waals surface area contributed by atoms with E-state index in [1.54, 1.807) is 18.7 Å². The number of halogens is 3. The minimum atomic E-state index is -4.42. The number of alkyl halides is 3. The number of hydrogen-bond acceptors (Lipinski definition) is 3. The number of fused-ring (bicyclic) bond motifs is 3. The molecule has 7 nitrogen and oxygen atoms in total. The molecule has 3 aromatic rings. The van der Waals surface area contributed by atoms with E-state index in [0.29, 0.717) is 13.1 Å². The summed E-state index contributed by atoms with van der Waals surface area (Å²) in [5.74, 6) is 0.126. The summed E-state index contributed by atoms with van der Waals surface area (Å²) in [4.78, 5) is 25.4. The van der Waals surface area contributed by atoms with Gasteiger partial charge in [-0.15, -0.1) is 0 Å². The molecule has 0 aromatic carbocycles. The Morgan fingerprint density at radius 2 is 2.19 bits per heavy atom. The number of imidazole rings is 1. The number of nitrogens with zero attached hydrogens (tertiary/aromatic N) is 4. The molecule has 2 amide bonds. The third-order valence-electron chi connectivity index (χ3n) is 5.13. The number of carbonyl (C=O) groups is 1. The predicted octanol–water partition coefficient (Wildman–Crippen LogP) is 3.07. The van der Waals surface area contributed by atoms with Gasteiger partial charge in [0.05, 0.1) is 24.1 Å². The molecule has 27 heavy (non-hydrogen) atoms. The highest BCUT2D eigenvalue weighted by Gasteiger charge is 2.37. The van der Waals surface area contributed by atoms with Crippen LogP contribution < -0.4 is 5.32 Å². The van der Waals surface area contributed by atoms with Gasteiger partial charge in [-0.3, -0.25) is 0 Å². The monoisotopic (exact) mass is 380 g/mol. The van der Waals surface area contributed by atoms with Gasteiger partial charge in [0.15, 0.2) is 0 Å². The van der Waals surface area contributed by atoms with Gasteiger partial charge in [0.25, 0.3) is 0 Å². The minimum absolute atomic E-state index is 0.0582. The van der Waals surface area contributed by atoms with Crippen LogP contribution in [0, 0.1) is 5.92 Å². The highest BCUT2D eigenvalue weighted by Crippen LogP contribution is 2.34. The molecule has 4 heterocycles. The Bertz CT molecular complexity index is 978. The minimum Gasteiger partial charge on any atom is -0.346 e. The molecule has 1 fully saturated rings. The highest BCUT2D eigenvalue weighted by atomic mass is 19.4. The summed E-state index contributed by atoms with van der Waals surface area (Å²) in [6.45, 7) is 1.43. The molecule has 2 atom stereocenters. The summed E-state index contributed by atoms with van der Waals surface area (Å²) in [5, 5.41) is 2.89. The fourth-order valence-corrected chi connectivity index (χ4v) is 3.81. The Balaban J connectivity index is 1.63. The number of amides is 2. The van der Waals surface area contributed by atoms with Crippen molar-refractivity contribution in [3.63, 3.8) is 0 Å². The molecule has 0 aliphatic carbocycles. The fourth-order valence-electron chi connectivity index (χ4n) is 3.81. The van der Waals surface area contributed by atoms with E-state index in [0.717, 1.165) is 28.5 Å². The van der Waals surface area contributed by atoms with Crippen molar-refractivity contribution in [3.8, 4) is 0 Å². The van der Waals surface area contributed by atoms with Gasteiger partial charge in [0.2, 0.25) is 0 Å². The number of aromatic amines is 1. The number of aromatic nitrogens is 4. The van der Waals surface area contributed by atoms with Gasteiger partial charge in [-0.1, -0.05) is 6.92 Å². The van der Waals surface area contributed by atoms with Crippen molar-refractivity contribution >= 4 is 28.1 Å². The van der Waals surface area contributed by atoms with Gasteiger partial charge in [-0.05, 0) is 18.4 Å². The molecule has 4 rings (SSSR count). The summed E-state index contributed by atoms with van der Waals surface area (Å²) in [7, 11) is 0. The number of urea groups is 1. The van der Waals surface area contributed by atoms with Gasteiger partial charge >= 0.3 is 12.2 Å². The maximum Gasteiger partial charge on any atom is 0.405 e. The zero-order chi connectivity index (χ0) is 19.2. The van der Waals surface area contributed by atoms with E-state index in [1.165, 1.54) is 4.90 Å². The molecule has 144 valence electrons. The third-order valence-corrected chi connectivity index (χ3v) is 5.13. The van der Waals surface area contributed by atoms with Crippen molar-refractivity contribution < 1.29 is 18.0 Å². The van der Waals surface area contributed by atoms with Crippen LogP contribution in [0.5, 0.6) is 0 Å². The maximum atomic E-state index is 12.4. The molecule has 0 saturated carbocycles. The second-order valence-corrected chi connectivity index (χ2v) is 6.80. The van der Waals surface area contributed by atoms with Crippen molar-refractivity contribution in [2.24, 2.45) is 5.92 Å². The molecule has 2 N–H and O–H groups in total. The molecule has 0 radical (unpaired) electrons. The van der Waals surface area contributed by atoms with Crippen LogP contribution in [0.2, 0.25) is 0 Å². The Kier molecular flexibility index (Phi) is 4.20. The first kappa shape index (κ1) is 17.6. The summed E-state index contributed by atoms with van der Waals surface area (Å²) < 4.78 is 39.2. The average Bonchev–Trinajstić information content (AvgIpc) is 3.33. The first-order chi connectivity index (χ1) is 12.9. The normalized spacial score (nSPS) is 20.7. The summed E-state index contributed by atoms with van der Waals surface area (Å²) in [5.41, 5.74) is 2.41.